The minimum atomic E-state index is -1.21. The molecule has 0 aromatic heterocycles. The van der Waals surface area contributed by atoms with Gasteiger partial charge in [0, 0.05) is 6.54 Å². The van der Waals surface area contributed by atoms with Crippen molar-refractivity contribution in [2.24, 2.45) is 28.9 Å². The van der Waals surface area contributed by atoms with Crippen molar-refractivity contribution in [3.8, 4) is 0 Å². The molecular weight excluding hydrogens is 201 g/mol. The number of alkyl halides is 1. The van der Waals surface area contributed by atoms with E-state index in [9.17, 15) is 0 Å². The third kappa shape index (κ3) is 2.58. The number of hydrogen-bond donors (Lipinski definition) is 1. The standard InChI is InChI=1S/C14H28FN/c1-10-6-11(2)8-12(7-10)14(15,9-16)13(3,4)5/h10-12H,6-9,16H2,1-5H3. The second-order valence-electron chi connectivity index (χ2n) is 6.93. The van der Waals surface area contributed by atoms with Crippen LogP contribution >= 0.6 is 0 Å². The van der Waals surface area contributed by atoms with E-state index in [0.717, 1.165) is 12.8 Å². The van der Waals surface area contributed by atoms with Crippen LogP contribution in [0.3, 0.4) is 0 Å². The molecule has 0 spiro atoms. The van der Waals surface area contributed by atoms with Gasteiger partial charge in [0.05, 0.1) is 0 Å². The average Bonchev–Trinajstić information content (AvgIpc) is 2.13. The van der Waals surface area contributed by atoms with Gasteiger partial charge in [0.1, 0.15) is 5.67 Å². The molecule has 0 heterocycles. The van der Waals surface area contributed by atoms with Crippen molar-refractivity contribution in [1.29, 1.82) is 0 Å². The highest BCUT2D eigenvalue weighted by Gasteiger charge is 2.49. The van der Waals surface area contributed by atoms with Gasteiger partial charge in [-0.25, -0.2) is 4.39 Å². The van der Waals surface area contributed by atoms with Crippen LogP contribution in [0.5, 0.6) is 0 Å². The average molecular weight is 229 g/mol. The zero-order valence-corrected chi connectivity index (χ0v) is 11.5. The SMILES string of the molecule is CC1CC(C)CC(C(F)(CN)C(C)(C)C)C1. The molecule has 1 saturated carbocycles. The molecule has 1 aliphatic rings. The Kier molecular flexibility index (Phi) is 4.04. The molecule has 96 valence electrons. The normalized spacial score (nSPS) is 35.8. The second-order valence-corrected chi connectivity index (χ2v) is 6.93. The third-order valence-electron chi connectivity index (χ3n) is 4.37. The maximum absolute atomic E-state index is 15.1. The zero-order valence-electron chi connectivity index (χ0n) is 11.5. The van der Waals surface area contributed by atoms with E-state index < -0.39 is 5.67 Å². The summed E-state index contributed by atoms with van der Waals surface area (Å²) in [6, 6.07) is 0. The summed E-state index contributed by atoms with van der Waals surface area (Å²) in [5.74, 6) is 1.41. The van der Waals surface area contributed by atoms with E-state index in [4.69, 9.17) is 5.73 Å². The van der Waals surface area contributed by atoms with Crippen molar-refractivity contribution in [3.05, 3.63) is 0 Å². The maximum Gasteiger partial charge on any atom is 0.130 e. The lowest BCUT2D eigenvalue weighted by molar-refractivity contribution is -0.0491. The van der Waals surface area contributed by atoms with Gasteiger partial charge in [-0.3, -0.25) is 0 Å². The minimum absolute atomic E-state index is 0.135. The second kappa shape index (κ2) is 4.64. The fraction of sp³-hybridized carbons (Fsp3) is 1.00. The molecule has 0 amide bonds. The van der Waals surface area contributed by atoms with Crippen LogP contribution in [-0.4, -0.2) is 12.2 Å². The largest absolute Gasteiger partial charge is 0.327 e. The van der Waals surface area contributed by atoms with Crippen molar-refractivity contribution in [3.63, 3.8) is 0 Å². The maximum atomic E-state index is 15.1. The fourth-order valence-corrected chi connectivity index (χ4v) is 3.41. The fourth-order valence-electron chi connectivity index (χ4n) is 3.41. The van der Waals surface area contributed by atoms with Crippen LogP contribution in [0, 0.1) is 23.2 Å². The van der Waals surface area contributed by atoms with E-state index >= 15 is 4.39 Å². The van der Waals surface area contributed by atoms with Gasteiger partial charge in [-0.15, -0.1) is 0 Å². The summed E-state index contributed by atoms with van der Waals surface area (Å²) in [4.78, 5) is 0. The predicted molar refractivity (Wildman–Crippen MR) is 68.0 cm³/mol. The summed E-state index contributed by atoms with van der Waals surface area (Å²) >= 11 is 0. The van der Waals surface area contributed by atoms with Gasteiger partial charge in [-0.2, -0.15) is 0 Å². The van der Waals surface area contributed by atoms with Gasteiger partial charge in [-0.1, -0.05) is 34.6 Å². The van der Waals surface area contributed by atoms with E-state index in [1.807, 2.05) is 20.8 Å². The Labute approximate surface area is 100.0 Å². The number of hydrogen-bond acceptors (Lipinski definition) is 1. The first-order valence-corrected chi connectivity index (χ1v) is 6.59. The van der Waals surface area contributed by atoms with E-state index in [1.54, 1.807) is 0 Å². The molecule has 1 rings (SSSR count). The number of rotatable bonds is 2. The van der Waals surface area contributed by atoms with Gasteiger partial charge in [0.25, 0.3) is 0 Å². The van der Waals surface area contributed by atoms with Gasteiger partial charge < -0.3 is 5.73 Å². The molecule has 0 aliphatic heterocycles. The predicted octanol–water partition coefficient (Wildman–Crippen LogP) is 3.77. The minimum Gasteiger partial charge on any atom is -0.327 e. The van der Waals surface area contributed by atoms with Crippen molar-refractivity contribution in [2.75, 3.05) is 6.54 Å². The van der Waals surface area contributed by atoms with Crippen LogP contribution < -0.4 is 5.73 Å². The molecule has 1 aliphatic carbocycles. The van der Waals surface area contributed by atoms with Gasteiger partial charge >= 0.3 is 0 Å². The van der Waals surface area contributed by atoms with Crippen LogP contribution in [0.15, 0.2) is 0 Å². The van der Waals surface area contributed by atoms with E-state index in [-0.39, 0.29) is 17.9 Å². The third-order valence-corrected chi connectivity index (χ3v) is 4.37. The Hall–Kier alpha value is -0.110. The molecule has 0 radical (unpaired) electrons. The lowest BCUT2D eigenvalue weighted by atomic mass is 9.62. The Morgan fingerprint density at radius 2 is 1.50 bits per heavy atom. The molecule has 1 nitrogen and oxygen atoms in total. The highest BCUT2D eigenvalue weighted by molar-refractivity contribution is 4.99. The quantitative estimate of drug-likeness (QED) is 0.766. The first kappa shape index (κ1) is 14.0. The molecule has 0 bridgehead atoms. The summed E-state index contributed by atoms with van der Waals surface area (Å²) in [5, 5.41) is 0. The van der Waals surface area contributed by atoms with Crippen molar-refractivity contribution < 1.29 is 4.39 Å². The highest BCUT2D eigenvalue weighted by atomic mass is 19.1. The van der Waals surface area contributed by atoms with E-state index in [1.165, 1.54) is 6.42 Å². The lowest BCUT2D eigenvalue weighted by Crippen LogP contribution is -2.52. The van der Waals surface area contributed by atoms with Crippen LogP contribution in [0.4, 0.5) is 4.39 Å². The number of halogens is 1. The van der Waals surface area contributed by atoms with Crippen molar-refractivity contribution in [1.82, 2.24) is 0 Å². The Morgan fingerprint density at radius 1 is 1.06 bits per heavy atom. The summed E-state index contributed by atoms with van der Waals surface area (Å²) in [6.07, 6.45) is 3.23. The van der Waals surface area contributed by atoms with E-state index in [0.29, 0.717) is 11.8 Å². The Morgan fingerprint density at radius 3 is 1.81 bits per heavy atom. The zero-order chi connectivity index (χ0) is 12.6. The summed E-state index contributed by atoms with van der Waals surface area (Å²) in [6.45, 7) is 10.6. The monoisotopic (exact) mass is 229 g/mol. The van der Waals surface area contributed by atoms with Crippen molar-refractivity contribution in [2.45, 2.75) is 59.5 Å². The summed E-state index contributed by atoms with van der Waals surface area (Å²) in [5.41, 5.74) is 4.17. The van der Waals surface area contributed by atoms with Gasteiger partial charge in [0.2, 0.25) is 0 Å². The molecule has 16 heavy (non-hydrogen) atoms. The smallest absolute Gasteiger partial charge is 0.130 e. The molecule has 2 N–H and O–H groups in total. The van der Waals surface area contributed by atoms with Crippen molar-refractivity contribution >= 4 is 0 Å². The molecule has 1 fully saturated rings. The van der Waals surface area contributed by atoms with E-state index in [2.05, 4.69) is 13.8 Å². The first-order chi connectivity index (χ1) is 7.20. The van der Waals surface area contributed by atoms with Gasteiger partial charge in [-0.05, 0) is 42.4 Å². The molecule has 3 atom stereocenters. The van der Waals surface area contributed by atoms with Gasteiger partial charge in [0.15, 0.2) is 0 Å². The first-order valence-electron chi connectivity index (χ1n) is 6.59. The Bertz CT molecular complexity index is 223. The molecule has 0 aromatic carbocycles. The Balaban J connectivity index is 2.88. The van der Waals surface area contributed by atoms with Crippen LogP contribution in [0.2, 0.25) is 0 Å². The number of nitrogens with two attached hydrogens (primary N) is 1. The summed E-state index contributed by atoms with van der Waals surface area (Å²) in [7, 11) is 0. The molecule has 3 unspecified atom stereocenters. The molecule has 2 heteroatoms. The highest BCUT2D eigenvalue weighted by Crippen LogP contribution is 2.47. The molecular formula is C14H28FN. The van der Waals surface area contributed by atoms with Crippen LogP contribution in [0.25, 0.3) is 0 Å². The van der Waals surface area contributed by atoms with Crippen LogP contribution in [0.1, 0.15) is 53.9 Å². The summed E-state index contributed by atoms with van der Waals surface area (Å²) < 4.78 is 15.1. The molecule has 0 aromatic rings. The van der Waals surface area contributed by atoms with Crippen LogP contribution in [-0.2, 0) is 0 Å². The molecule has 0 saturated heterocycles. The lowest BCUT2D eigenvalue weighted by Gasteiger charge is -2.47. The topological polar surface area (TPSA) is 26.0 Å².